The predicted octanol–water partition coefficient (Wildman–Crippen LogP) is 26.0. The van der Waals surface area contributed by atoms with Gasteiger partial charge in [-0.05, 0) is 262 Å². The fourth-order valence-electron chi connectivity index (χ4n) is 17.1. The van der Waals surface area contributed by atoms with Crippen molar-refractivity contribution >= 4 is 124 Å². The predicted molar refractivity (Wildman–Crippen MR) is 447 cm³/mol. The SMILES string of the molecule is CC(C)[Si](C#Cc1cccc2cc3cccc(C#Cc4cccc5cc6cccc(C#Cc7cccc8cc9cccc(C#Cc%10cccc%11cc%12cccc(C#Cc%13cccc%14cc%15cccc(C#C[Si](C(C)C)(C(C)C)C(C)C)c%15cc%13%14)c%12cc%10%11)c9cc78)c6cc45)c3cc12)(C(C)C)C(C)C. The summed E-state index contributed by atoms with van der Waals surface area (Å²) in [5, 5.41) is 22.8. The minimum atomic E-state index is -1.94. The van der Waals surface area contributed by atoms with Crippen LogP contribution in [0.15, 0.2) is 243 Å². The van der Waals surface area contributed by atoms with Crippen molar-refractivity contribution in [3.05, 3.63) is 298 Å². The summed E-state index contributed by atoms with van der Waals surface area (Å²) in [5.74, 6) is 36.9. The second kappa shape index (κ2) is 27.3. The first-order chi connectivity index (χ1) is 49.4. The van der Waals surface area contributed by atoms with E-state index in [9.17, 15) is 0 Å². The molecule has 15 aromatic rings. The molecule has 0 aliphatic rings. The van der Waals surface area contributed by atoms with E-state index in [2.05, 4.69) is 396 Å². The summed E-state index contributed by atoms with van der Waals surface area (Å²) in [4.78, 5) is 0. The number of fused-ring (bicyclic) bond motifs is 10. The summed E-state index contributed by atoms with van der Waals surface area (Å²) >= 11 is 0. The highest BCUT2D eigenvalue weighted by atomic mass is 28.3. The van der Waals surface area contributed by atoms with Crippen LogP contribution in [0.2, 0.25) is 33.2 Å². The molecule has 102 heavy (non-hydrogen) atoms. The molecule has 0 aliphatic carbocycles. The lowest BCUT2D eigenvalue weighted by Crippen LogP contribution is -2.43. The Labute approximate surface area is 604 Å². The largest absolute Gasteiger partial charge is 0.146 e. The molecular formula is C100H82Si2. The zero-order chi connectivity index (χ0) is 70.6. The van der Waals surface area contributed by atoms with Crippen molar-refractivity contribution in [3.8, 4) is 70.3 Å². The van der Waals surface area contributed by atoms with Gasteiger partial charge < -0.3 is 0 Å². The fraction of sp³-hybridized carbons (Fsp3) is 0.180. The maximum absolute atomic E-state index is 3.99. The van der Waals surface area contributed by atoms with E-state index in [0.717, 1.165) is 131 Å². The molecule has 2 heteroatoms. The third-order valence-corrected chi connectivity index (χ3v) is 34.9. The van der Waals surface area contributed by atoms with Gasteiger partial charge in [-0.15, -0.1) is 11.1 Å². The van der Waals surface area contributed by atoms with Crippen molar-refractivity contribution in [2.75, 3.05) is 0 Å². The normalized spacial score (nSPS) is 11.8. The van der Waals surface area contributed by atoms with E-state index >= 15 is 0 Å². The molecule has 15 aromatic carbocycles. The van der Waals surface area contributed by atoms with E-state index in [1.54, 1.807) is 0 Å². The van der Waals surface area contributed by atoms with Crippen LogP contribution in [-0.4, -0.2) is 16.1 Å². The second-order valence-electron chi connectivity index (χ2n) is 29.8. The van der Waals surface area contributed by atoms with Gasteiger partial charge >= 0.3 is 0 Å². The third kappa shape index (κ3) is 12.2. The zero-order valence-corrected chi connectivity index (χ0v) is 62.6. The van der Waals surface area contributed by atoms with Crippen LogP contribution < -0.4 is 0 Å². The van der Waals surface area contributed by atoms with Crippen LogP contribution in [0.5, 0.6) is 0 Å². The lowest BCUT2D eigenvalue weighted by Gasteiger charge is -2.38. The molecule has 0 nitrogen and oxygen atoms in total. The van der Waals surface area contributed by atoms with E-state index in [1.165, 1.54) is 32.3 Å². The summed E-state index contributed by atoms with van der Waals surface area (Å²) in [7, 11) is -3.88. The first kappa shape index (κ1) is 66.6. The summed E-state index contributed by atoms with van der Waals surface area (Å²) < 4.78 is 0. The molecule has 0 saturated carbocycles. The molecule has 0 N–H and O–H groups in total. The van der Waals surface area contributed by atoms with Gasteiger partial charge in [0.15, 0.2) is 0 Å². The van der Waals surface area contributed by atoms with Crippen molar-refractivity contribution in [1.82, 2.24) is 0 Å². The number of hydrogen-bond acceptors (Lipinski definition) is 0. The van der Waals surface area contributed by atoms with Crippen LogP contribution >= 0.6 is 0 Å². The van der Waals surface area contributed by atoms with Crippen molar-refractivity contribution < 1.29 is 0 Å². The van der Waals surface area contributed by atoms with E-state index in [1.807, 2.05) is 0 Å². The quantitative estimate of drug-likeness (QED) is 0.0884. The molecule has 490 valence electrons. The molecule has 0 bridgehead atoms. The molecule has 0 saturated heterocycles. The summed E-state index contributed by atoms with van der Waals surface area (Å²) in [6, 6.07) is 87.7. The maximum Gasteiger partial charge on any atom is 0.146 e. The highest BCUT2D eigenvalue weighted by molar-refractivity contribution is 6.91. The molecule has 0 amide bonds. The van der Waals surface area contributed by atoms with E-state index < -0.39 is 16.1 Å². The third-order valence-electron chi connectivity index (χ3n) is 22.3. The van der Waals surface area contributed by atoms with Gasteiger partial charge in [0.25, 0.3) is 0 Å². The molecule has 0 fully saturated rings. The van der Waals surface area contributed by atoms with Gasteiger partial charge in [0, 0.05) is 55.6 Å². The van der Waals surface area contributed by atoms with Crippen LogP contribution in [0.4, 0.5) is 0 Å². The number of benzene rings is 15. The van der Waals surface area contributed by atoms with Gasteiger partial charge in [-0.25, -0.2) is 0 Å². The molecule has 0 heterocycles. The lowest BCUT2D eigenvalue weighted by molar-refractivity contribution is 0.838. The van der Waals surface area contributed by atoms with Crippen LogP contribution in [0.3, 0.4) is 0 Å². The Morgan fingerprint density at radius 3 is 0.422 bits per heavy atom. The molecule has 0 radical (unpaired) electrons. The Kier molecular flexibility index (Phi) is 17.8. The van der Waals surface area contributed by atoms with Crippen molar-refractivity contribution in [3.63, 3.8) is 0 Å². The van der Waals surface area contributed by atoms with Gasteiger partial charge in [-0.2, -0.15) is 0 Å². The van der Waals surface area contributed by atoms with Crippen molar-refractivity contribution in [2.24, 2.45) is 0 Å². The second-order valence-corrected chi connectivity index (χ2v) is 41.0. The van der Waals surface area contributed by atoms with Crippen molar-refractivity contribution in [1.29, 1.82) is 0 Å². The number of hydrogen-bond donors (Lipinski definition) is 0. The first-order valence-electron chi connectivity index (χ1n) is 36.4. The lowest BCUT2D eigenvalue weighted by atomic mass is 9.95. The highest BCUT2D eigenvalue weighted by Crippen LogP contribution is 2.43. The van der Waals surface area contributed by atoms with Crippen LogP contribution in [0.25, 0.3) is 108 Å². The molecule has 0 atom stereocenters. The fourth-order valence-corrected chi connectivity index (χ4v) is 27.5. The van der Waals surface area contributed by atoms with Crippen LogP contribution in [-0.2, 0) is 0 Å². The standard InChI is InChI=1S/C100H82Si2/c1-65(2)101(66(3)4,67(5)6)53-51-79-31-21-41-89-58-87-39-19-29-77(97(87)63-99(79)89)49-47-75-27-17-37-85-56-83-35-15-25-73(93(83)61-95(75)85)45-43-71-23-13-33-81-55-82-34-14-24-72(92(82)60-91(71)81)44-46-74-26-16-36-84-57-86-38-18-28-76(96(86)62-94(74)84)48-50-78-30-20-40-88-59-90-42-22-32-80(100(90)64-98(78)88)52-54-102(68(7)8,69(9)10)70(11)12/h13-42,55-70H,1-12H3. The summed E-state index contributed by atoms with van der Waals surface area (Å²) in [5.41, 5.74) is 21.4. The Morgan fingerprint density at radius 2 is 0.294 bits per heavy atom. The Balaban J connectivity index is 0.749. The summed E-state index contributed by atoms with van der Waals surface area (Å²) in [6.45, 7) is 28.6. The van der Waals surface area contributed by atoms with Gasteiger partial charge in [-0.1, -0.05) is 264 Å². The minimum Gasteiger partial charge on any atom is -0.125 e. The van der Waals surface area contributed by atoms with Crippen LogP contribution in [0, 0.1) is 70.3 Å². The van der Waals surface area contributed by atoms with E-state index in [4.69, 9.17) is 0 Å². The molecule has 15 rings (SSSR count). The zero-order valence-electron chi connectivity index (χ0n) is 60.6. The Hall–Kier alpha value is -11.3. The monoisotopic (exact) mass is 1340 g/mol. The summed E-state index contributed by atoms with van der Waals surface area (Å²) in [6.07, 6.45) is 0. The van der Waals surface area contributed by atoms with Crippen LogP contribution in [0.1, 0.15) is 139 Å². The van der Waals surface area contributed by atoms with Gasteiger partial charge in [-0.3, -0.25) is 0 Å². The number of rotatable bonds is 6. The van der Waals surface area contributed by atoms with Gasteiger partial charge in [0.1, 0.15) is 16.1 Å². The Bertz CT molecular complexity index is 5960. The smallest absolute Gasteiger partial charge is 0.125 e. The average molecular weight is 1340 g/mol. The molecule has 0 unspecified atom stereocenters. The average Bonchev–Trinajstić information content (AvgIpc) is 0.782. The Morgan fingerprint density at radius 1 is 0.167 bits per heavy atom. The molecule has 0 spiro atoms. The van der Waals surface area contributed by atoms with Gasteiger partial charge in [0.2, 0.25) is 0 Å². The molecular weight excluding hydrogens is 1260 g/mol. The first-order valence-corrected chi connectivity index (χ1v) is 40.8. The molecule has 0 aromatic heterocycles. The van der Waals surface area contributed by atoms with E-state index in [0.29, 0.717) is 33.2 Å². The van der Waals surface area contributed by atoms with Crippen molar-refractivity contribution in [2.45, 2.75) is 116 Å². The maximum atomic E-state index is 3.99. The topological polar surface area (TPSA) is 0 Å². The minimum absolute atomic E-state index is 0.561. The van der Waals surface area contributed by atoms with E-state index in [-0.39, 0.29) is 0 Å². The highest BCUT2D eigenvalue weighted by Gasteiger charge is 2.43. The molecule has 0 aliphatic heterocycles. The van der Waals surface area contributed by atoms with Gasteiger partial charge in [0.05, 0.1) is 0 Å².